The number of hydrogen-bond acceptors (Lipinski definition) is 2. The summed E-state index contributed by atoms with van der Waals surface area (Å²) in [6, 6.07) is 15.6. The van der Waals surface area contributed by atoms with E-state index in [4.69, 9.17) is 11.6 Å². The Morgan fingerprint density at radius 1 is 1.08 bits per heavy atom. The van der Waals surface area contributed by atoms with Gasteiger partial charge in [-0.1, -0.05) is 54.1 Å². The van der Waals surface area contributed by atoms with E-state index in [0.717, 1.165) is 17.7 Å². The third-order valence-corrected chi connectivity index (χ3v) is 4.11. The zero-order valence-corrected chi connectivity index (χ0v) is 13.9. The van der Waals surface area contributed by atoms with Crippen molar-refractivity contribution < 1.29 is 4.79 Å². The number of nitrogens with one attached hydrogen (secondary N) is 1. The summed E-state index contributed by atoms with van der Waals surface area (Å²) in [5.74, 6) is -0.0365. The van der Waals surface area contributed by atoms with Crippen molar-refractivity contribution in [3.05, 3.63) is 89.0 Å². The predicted octanol–water partition coefficient (Wildman–Crippen LogP) is 3.44. The van der Waals surface area contributed by atoms with Crippen molar-refractivity contribution in [3.8, 4) is 0 Å². The molecule has 0 saturated heterocycles. The van der Waals surface area contributed by atoms with Gasteiger partial charge in [0.1, 0.15) is 0 Å². The van der Waals surface area contributed by atoms with Crippen LogP contribution in [0, 0.1) is 0 Å². The highest BCUT2D eigenvalue weighted by molar-refractivity contribution is 6.31. The largest absolute Gasteiger partial charge is 0.352 e. The summed E-state index contributed by atoms with van der Waals surface area (Å²) in [6.45, 7) is 1.30. The number of aromatic nitrogens is 2. The average molecular weight is 340 g/mol. The van der Waals surface area contributed by atoms with Crippen LogP contribution in [-0.4, -0.2) is 15.5 Å². The number of amides is 1. The lowest BCUT2D eigenvalue weighted by molar-refractivity contribution is -0.120. The molecule has 0 aliphatic carbocycles. The Balaban J connectivity index is 1.51. The van der Waals surface area contributed by atoms with Crippen LogP contribution in [-0.2, 0) is 24.3 Å². The fourth-order valence-electron chi connectivity index (χ4n) is 2.43. The molecular weight excluding hydrogens is 322 g/mol. The number of hydrogen-bond donors (Lipinski definition) is 1. The molecule has 0 aliphatic rings. The van der Waals surface area contributed by atoms with Gasteiger partial charge in [-0.05, 0) is 22.8 Å². The van der Waals surface area contributed by atoms with Gasteiger partial charge in [0.15, 0.2) is 0 Å². The van der Waals surface area contributed by atoms with Gasteiger partial charge in [-0.25, -0.2) is 4.98 Å². The Kier molecular flexibility index (Phi) is 5.29. The van der Waals surface area contributed by atoms with Crippen LogP contribution >= 0.6 is 11.6 Å². The van der Waals surface area contributed by atoms with Crippen molar-refractivity contribution in [2.75, 3.05) is 0 Å². The van der Waals surface area contributed by atoms with Gasteiger partial charge >= 0.3 is 0 Å². The zero-order valence-electron chi connectivity index (χ0n) is 13.2. The lowest BCUT2D eigenvalue weighted by atomic mass is 10.1. The molecule has 24 heavy (non-hydrogen) atoms. The van der Waals surface area contributed by atoms with E-state index in [1.807, 2.05) is 41.1 Å². The maximum Gasteiger partial charge on any atom is 0.224 e. The average Bonchev–Trinajstić information content (AvgIpc) is 3.09. The number of benzene rings is 2. The highest BCUT2D eigenvalue weighted by Crippen LogP contribution is 2.15. The minimum Gasteiger partial charge on any atom is -0.352 e. The molecule has 4 nitrogen and oxygen atoms in total. The van der Waals surface area contributed by atoms with Gasteiger partial charge in [0.25, 0.3) is 0 Å². The van der Waals surface area contributed by atoms with E-state index in [1.54, 1.807) is 18.6 Å². The van der Waals surface area contributed by atoms with Crippen molar-refractivity contribution in [3.63, 3.8) is 0 Å². The van der Waals surface area contributed by atoms with Gasteiger partial charge in [-0.15, -0.1) is 0 Å². The molecule has 1 N–H and O–H groups in total. The Hall–Kier alpha value is -2.59. The molecule has 0 saturated carbocycles. The van der Waals surface area contributed by atoms with E-state index in [9.17, 15) is 4.79 Å². The third-order valence-electron chi connectivity index (χ3n) is 3.75. The van der Waals surface area contributed by atoms with E-state index >= 15 is 0 Å². The first-order valence-corrected chi connectivity index (χ1v) is 8.12. The van der Waals surface area contributed by atoms with Crippen LogP contribution in [0.5, 0.6) is 0 Å². The van der Waals surface area contributed by atoms with E-state index in [2.05, 4.69) is 22.4 Å². The molecule has 1 amide bonds. The monoisotopic (exact) mass is 339 g/mol. The lowest BCUT2D eigenvalue weighted by Gasteiger charge is -2.08. The quantitative estimate of drug-likeness (QED) is 0.747. The van der Waals surface area contributed by atoms with Crippen LogP contribution in [0.1, 0.15) is 16.7 Å². The van der Waals surface area contributed by atoms with Crippen LogP contribution < -0.4 is 5.32 Å². The second-order valence-electron chi connectivity index (χ2n) is 5.60. The summed E-state index contributed by atoms with van der Waals surface area (Å²) < 4.78 is 2.01. The first kappa shape index (κ1) is 16.3. The molecule has 3 rings (SSSR count). The molecule has 0 fully saturated rings. The molecular formula is C19H18ClN3O. The molecule has 1 heterocycles. The third kappa shape index (κ3) is 4.46. The van der Waals surface area contributed by atoms with Crippen molar-refractivity contribution in [2.45, 2.75) is 19.5 Å². The van der Waals surface area contributed by atoms with Crippen LogP contribution in [0.4, 0.5) is 0 Å². The van der Waals surface area contributed by atoms with Gasteiger partial charge in [-0.3, -0.25) is 4.79 Å². The number of carbonyl (C=O) groups excluding carboxylic acids is 1. The van der Waals surface area contributed by atoms with Crippen LogP contribution in [0.2, 0.25) is 5.02 Å². The number of nitrogens with zero attached hydrogens (tertiary/aromatic N) is 2. The summed E-state index contributed by atoms with van der Waals surface area (Å²) in [5, 5.41) is 3.55. The zero-order chi connectivity index (χ0) is 16.8. The molecule has 1 aromatic heterocycles. The second kappa shape index (κ2) is 7.79. The van der Waals surface area contributed by atoms with E-state index in [-0.39, 0.29) is 5.91 Å². The van der Waals surface area contributed by atoms with Crippen molar-refractivity contribution in [1.82, 2.24) is 14.9 Å². The Morgan fingerprint density at radius 2 is 1.83 bits per heavy atom. The van der Waals surface area contributed by atoms with Gasteiger partial charge in [-0.2, -0.15) is 0 Å². The number of carbonyl (C=O) groups is 1. The fourth-order valence-corrected chi connectivity index (χ4v) is 2.63. The molecule has 5 heteroatoms. The first-order chi connectivity index (χ1) is 11.7. The van der Waals surface area contributed by atoms with Crippen LogP contribution in [0.3, 0.4) is 0 Å². The molecule has 2 aromatic carbocycles. The Morgan fingerprint density at radius 3 is 2.54 bits per heavy atom. The summed E-state index contributed by atoms with van der Waals surface area (Å²) in [4.78, 5) is 16.1. The number of imidazole rings is 1. The number of rotatable bonds is 6. The normalized spacial score (nSPS) is 10.5. The van der Waals surface area contributed by atoms with E-state index in [1.165, 1.54) is 5.56 Å². The summed E-state index contributed by atoms with van der Waals surface area (Å²) in [5.41, 5.74) is 3.10. The van der Waals surface area contributed by atoms with Gasteiger partial charge in [0.05, 0.1) is 12.7 Å². The molecule has 122 valence electrons. The fraction of sp³-hybridized carbons (Fsp3) is 0.158. The van der Waals surface area contributed by atoms with Crippen molar-refractivity contribution >= 4 is 17.5 Å². The second-order valence-corrected chi connectivity index (χ2v) is 6.00. The highest BCUT2D eigenvalue weighted by atomic mass is 35.5. The Labute approximate surface area is 146 Å². The van der Waals surface area contributed by atoms with Crippen molar-refractivity contribution in [1.29, 1.82) is 0 Å². The molecule has 0 atom stereocenters. The highest BCUT2D eigenvalue weighted by Gasteiger charge is 2.06. The molecule has 0 spiro atoms. The maximum absolute atomic E-state index is 12.0. The topological polar surface area (TPSA) is 46.9 Å². The van der Waals surface area contributed by atoms with Crippen molar-refractivity contribution in [2.24, 2.45) is 0 Å². The summed E-state index contributed by atoms with van der Waals surface area (Å²) in [6.07, 6.45) is 5.78. The summed E-state index contributed by atoms with van der Waals surface area (Å²) in [7, 11) is 0. The molecule has 3 aromatic rings. The van der Waals surface area contributed by atoms with Gasteiger partial charge < -0.3 is 9.88 Å². The van der Waals surface area contributed by atoms with Gasteiger partial charge in [0, 0.05) is 30.5 Å². The first-order valence-electron chi connectivity index (χ1n) is 7.74. The van der Waals surface area contributed by atoms with Crippen LogP contribution in [0.25, 0.3) is 0 Å². The molecule has 0 aliphatic heterocycles. The SMILES string of the molecule is O=C(Cc1ccccc1Cl)NCc1ccc(Cn2ccnc2)cc1. The number of halogens is 1. The minimum atomic E-state index is -0.0365. The standard InChI is InChI=1S/C19H18ClN3O/c20-18-4-2-1-3-17(18)11-19(24)22-12-15-5-7-16(8-6-15)13-23-10-9-21-14-23/h1-10,14H,11-13H2,(H,22,24). The van der Waals surface area contributed by atoms with E-state index in [0.29, 0.717) is 18.0 Å². The maximum atomic E-state index is 12.0. The van der Waals surface area contributed by atoms with E-state index < -0.39 is 0 Å². The smallest absolute Gasteiger partial charge is 0.224 e. The van der Waals surface area contributed by atoms with Crippen LogP contribution in [0.15, 0.2) is 67.3 Å². The van der Waals surface area contributed by atoms with Gasteiger partial charge in [0.2, 0.25) is 5.91 Å². The summed E-state index contributed by atoms with van der Waals surface area (Å²) >= 11 is 6.07. The minimum absolute atomic E-state index is 0.0365. The molecule has 0 bridgehead atoms. The predicted molar refractivity (Wildman–Crippen MR) is 94.8 cm³/mol. The lowest BCUT2D eigenvalue weighted by Crippen LogP contribution is -2.24. The molecule has 0 unspecified atom stereocenters. The molecule has 0 radical (unpaired) electrons. The Bertz CT molecular complexity index is 798.